The van der Waals surface area contributed by atoms with Crippen molar-refractivity contribution >= 4 is 17.5 Å². The molecule has 0 atom stereocenters. The Morgan fingerprint density at radius 2 is 1.96 bits per heavy atom. The lowest BCUT2D eigenvalue weighted by Gasteiger charge is -2.17. The Balaban J connectivity index is 1.64. The minimum atomic E-state index is -0.209. The van der Waals surface area contributed by atoms with Crippen molar-refractivity contribution in [2.45, 2.75) is 25.3 Å². The van der Waals surface area contributed by atoms with E-state index >= 15 is 0 Å². The first-order chi connectivity index (χ1) is 12.0. The number of likely N-dealkylation sites (N-methyl/N-ethyl adjacent to an activating group) is 1. The number of nitrogens with zero attached hydrogens (tertiary/aromatic N) is 4. The van der Waals surface area contributed by atoms with Gasteiger partial charge in [0.25, 0.3) is 5.91 Å². The number of anilines is 1. The highest BCUT2D eigenvalue weighted by Crippen LogP contribution is 2.38. The van der Waals surface area contributed by atoms with Crippen molar-refractivity contribution in [1.29, 1.82) is 0 Å². The molecule has 25 heavy (non-hydrogen) atoms. The predicted molar refractivity (Wildman–Crippen MR) is 92.1 cm³/mol. The van der Waals surface area contributed by atoms with Crippen molar-refractivity contribution in [3.8, 4) is 0 Å². The summed E-state index contributed by atoms with van der Waals surface area (Å²) in [6.45, 7) is 3.74. The van der Waals surface area contributed by atoms with Crippen LogP contribution in [0, 0.1) is 0 Å². The Hall–Kier alpha value is -2.96. The first-order valence-corrected chi connectivity index (χ1v) is 8.07. The van der Waals surface area contributed by atoms with Gasteiger partial charge >= 0.3 is 0 Å². The van der Waals surface area contributed by atoms with Gasteiger partial charge in [-0.15, -0.1) is 0 Å². The van der Waals surface area contributed by atoms with Gasteiger partial charge in [-0.25, -0.2) is 0 Å². The van der Waals surface area contributed by atoms with E-state index in [0.717, 1.165) is 12.8 Å². The molecule has 0 aliphatic heterocycles. The van der Waals surface area contributed by atoms with Crippen molar-refractivity contribution in [2.75, 3.05) is 19.0 Å². The normalized spacial score (nSPS) is 13.4. The molecule has 1 aromatic heterocycles. The van der Waals surface area contributed by atoms with E-state index in [-0.39, 0.29) is 18.4 Å². The summed E-state index contributed by atoms with van der Waals surface area (Å²) in [6, 6.07) is 6.82. The van der Waals surface area contributed by atoms with Crippen LogP contribution in [-0.2, 0) is 11.3 Å². The maximum Gasteiger partial charge on any atom is 0.254 e. The van der Waals surface area contributed by atoms with Gasteiger partial charge in [-0.1, -0.05) is 11.7 Å². The summed E-state index contributed by atoms with van der Waals surface area (Å²) in [5.41, 5.74) is 1.22. The molecule has 7 heteroatoms. The van der Waals surface area contributed by atoms with Crippen LogP contribution in [0.15, 0.2) is 41.4 Å². The van der Waals surface area contributed by atoms with Gasteiger partial charge in [0.1, 0.15) is 0 Å². The first kappa shape index (κ1) is 16.9. The molecule has 1 fully saturated rings. The molecule has 0 spiro atoms. The molecule has 0 saturated heterocycles. The average molecular weight is 340 g/mol. The molecule has 1 aromatic carbocycles. The summed E-state index contributed by atoms with van der Waals surface area (Å²) in [5.74, 6) is 1.20. The standard InChI is InChI=1S/C18H20N4O3/c1-4-16(23)22(3)14-9-7-13(8-10-14)18(24)21(2)11-15-19-17(25-20-15)12-5-6-12/h4,7-10,12H,1,5-6,11H2,2-3H3. The van der Waals surface area contributed by atoms with Crippen molar-refractivity contribution < 1.29 is 14.1 Å². The van der Waals surface area contributed by atoms with Crippen molar-refractivity contribution in [2.24, 2.45) is 0 Å². The second-order valence-corrected chi connectivity index (χ2v) is 6.13. The third kappa shape index (κ3) is 3.76. The molecule has 2 aromatic rings. The molecule has 0 unspecified atom stereocenters. The Morgan fingerprint density at radius 3 is 2.56 bits per heavy atom. The van der Waals surface area contributed by atoms with Crippen LogP contribution in [0.4, 0.5) is 5.69 Å². The maximum atomic E-state index is 12.5. The van der Waals surface area contributed by atoms with Crippen molar-refractivity contribution in [1.82, 2.24) is 15.0 Å². The minimum absolute atomic E-state index is 0.151. The van der Waals surface area contributed by atoms with Gasteiger partial charge in [0.15, 0.2) is 5.82 Å². The fourth-order valence-electron chi connectivity index (χ4n) is 2.42. The largest absolute Gasteiger partial charge is 0.339 e. The van der Waals surface area contributed by atoms with Crippen LogP contribution in [0.5, 0.6) is 0 Å². The number of rotatable bonds is 6. The third-order valence-corrected chi connectivity index (χ3v) is 4.14. The average Bonchev–Trinajstić information content (AvgIpc) is 3.39. The molecule has 1 aliphatic rings. The van der Waals surface area contributed by atoms with E-state index in [9.17, 15) is 9.59 Å². The number of amides is 2. The quantitative estimate of drug-likeness (QED) is 0.754. The molecule has 3 rings (SSSR count). The smallest absolute Gasteiger partial charge is 0.254 e. The Labute approximate surface area is 145 Å². The molecule has 1 heterocycles. The third-order valence-electron chi connectivity index (χ3n) is 4.14. The molecule has 130 valence electrons. The molecular weight excluding hydrogens is 320 g/mol. The summed E-state index contributed by atoms with van der Waals surface area (Å²) >= 11 is 0. The zero-order valence-electron chi connectivity index (χ0n) is 14.3. The summed E-state index contributed by atoms with van der Waals surface area (Å²) in [7, 11) is 3.34. The molecule has 1 saturated carbocycles. The van der Waals surface area contributed by atoms with Gasteiger partial charge in [-0.2, -0.15) is 4.98 Å². The van der Waals surface area contributed by atoms with Crippen LogP contribution in [-0.4, -0.2) is 41.0 Å². The van der Waals surface area contributed by atoms with Gasteiger partial charge in [0, 0.05) is 31.3 Å². The van der Waals surface area contributed by atoms with E-state index in [1.807, 2.05) is 0 Å². The van der Waals surface area contributed by atoms with E-state index in [4.69, 9.17) is 4.52 Å². The van der Waals surface area contributed by atoms with Crippen LogP contribution < -0.4 is 4.90 Å². The van der Waals surface area contributed by atoms with Crippen molar-refractivity contribution in [3.63, 3.8) is 0 Å². The van der Waals surface area contributed by atoms with E-state index in [1.165, 1.54) is 15.9 Å². The van der Waals surface area contributed by atoms with E-state index in [2.05, 4.69) is 16.7 Å². The topological polar surface area (TPSA) is 79.5 Å². The Bertz CT molecular complexity index is 793. The minimum Gasteiger partial charge on any atom is -0.339 e. The van der Waals surface area contributed by atoms with E-state index in [0.29, 0.717) is 28.9 Å². The van der Waals surface area contributed by atoms with Gasteiger partial charge in [-0.05, 0) is 43.2 Å². The fraction of sp³-hybridized carbons (Fsp3) is 0.333. The number of carbonyl (C=O) groups is 2. The summed E-state index contributed by atoms with van der Waals surface area (Å²) in [4.78, 5) is 31.5. The summed E-state index contributed by atoms with van der Waals surface area (Å²) in [6.07, 6.45) is 3.42. The zero-order chi connectivity index (χ0) is 18.0. The number of hydrogen-bond acceptors (Lipinski definition) is 5. The zero-order valence-corrected chi connectivity index (χ0v) is 14.3. The van der Waals surface area contributed by atoms with Crippen LogP contribution >= 0.6 is 0 Å². The second-order valence-electron chi connectivity index (χ2n) is 6.13. The van der Waals surface area contributed by atoms with Crippen LogP contribution in [0.3, 0.4) is 0 Å². The van der Waals surface area contributed by atoms with Crippen LogP contribution in [0.1, 0.15) is 40.8 Å². The van der Waals surface area contributed by atoms with Crippen molar-refractivity contribution in [3.05, 3.63) is 54.2 Å². The number of aromatic nitrogens is 2. The molecule has 7 nitrogen and oxygen atoms in total. The van der Waals surface area contributed by atoms with Crippen LogP contribution in [0.25, 0.3) is 0 Å². The van der Waals surface area contributed by atoms with Gasteiger partial charge < -0.3 is 14.3 Å². The van der Waals surface area contributed by atoms with Gasteiger partial charge in [0.05, 0.1) is 6.54 Å². The van der Waals surface area contributed by atoms with Crippen LogP contribution in [0.2, 0.25) is 0 Å². The van der Waals surface area contributed by atoms with E-state index < -0.39 is 0 Å². The summed E-state index contributed by atoms with van der Waals surface area (Å²) < 4.78 is 5.21. The lowest BCUT2D eigenvalue weighted by atomic mass is 10.1. The number of benzene rings is 1. The predicted octanol–water partition coefficient (Wildman–Crippen LogP) is 2.37. The molecular formula is C18H20N4O3. The fourth-order valence-corrected chi connectivity index (χ4v) is 2.42. The first-order valence-electron chi connectivity index (χ1n) is 8.07. The number of hydrogen-bond donors (Lipinski definition) is 0. The second kappa shape index (κ2) is 6.88. The highest BCUT2D eigenvalue weighted by Gasteiger charge is 2.29. The maximum absolute atomic E-state index is 12.5. The molecule has 1 aliphatic carbocycles. The Morgan fingerprint density at radius 1 is 1.28 bits per heavy atom. The summed E-state index contributed by atoms with van der Waals surface area (Å²) in [5, 5.41) is 3.93. The highest BCUT2D eigenvalue weighted by atomic mass is 16.5. The lowest BCUT2D eigenvalue weighted by molar-refractivity contribution is -0.113. The Kier molecular flexibility index (Phi) is 4.65. The highest BCUT2D eigenvalue weighted by molar-refractivity contribution is 6.01. The molecule has 2 amide bonds. The van der Waals surface area contributed by atoms with Gasteiger partial charge in [0.2, 0.25) is 11.8 Å². The molecule has 0 radical (unpaired) electrons. The molecule has 0 bridgehead atoms. The number of carbonyl (C=O) groups excluding carboxylic acids is 2. The monoisotopic (exact) mass is 340 g/mol. The van der Waals surface area contributed by atoms with Gasteiger partial charge in [-0.3, -0.25) is 9.59 Å². The molecule has 0 N–H and O–H groups in total. The SMILES string of the molecule is C=CC(=O)N(C)c1ccc(C(=O)N(C)Cc2noc(C3CC3)n2)cc1. The lowest BCUT2D eigenvalue weighted by Crippen LogP contribution is -2.27. The van der Waals surface area contributed by atoms with E-state index in [1.54, 1.807) is 38.4 Å².